The first-order valence-corrected chi connectivity index (χ1v) is 8.50. The number of nitrogens with zero attached hydrogens (tertiary/aromatic N) is 1. The number of hydrogen-bond acceptors (Lipinski definition) is 4. The topological polar surface area (TPSA) is 79.3 Å². The average molecular weight is 349 g/mol. The highest BCUT2D eigenvalue weighted by Gasteiger charge is 2.51. The number of carbonyl (C=O) groups excluding carboxylic acids is 1. The van der Waals surface area contributed by atoms with Crippen LogP contribution in [0.15, 0.2) is 30.4 Å². The summed E-state index contributed by atoms with van der Waals surface area (Å²) < 4.78 is 0.885. The molecule has 2 bridgehead atoms. The lowest BCUT2D eigenvalue weighted by molar-refractivity contribution is -0.146. The van der Waals surface area contributed by atoms with Gasteiger partial charge in [0.25, 0.3) is 0 Å². The van der Waals surface area contributed by atoms with E-state index < -0.39 is 17.8 Å². The van der Waals surface area contributed by atoms with Gasteiger partial charge < -0.3 is 10.4 Å². The Labute approximate surface area is 141 Å². The van der Waals surface area contributed by atoms with Gasteiger partial charge in [-0.3, -0.25) is 9.59 Å². The molecule has 7 heteroatoms. The van der Waals surface area contributed by atoms with Crippen molar-refractivity contribution >= 4 is 50.2 Å². The van der Waals surface area contributed by atoms with Gasteiger partial charge in [-0.15, -0.1) is 0 Å². The molecule has 1 aromatic carbocycles. The molecule has 4 rings (SSSR count). The van der Waals surface area contributed by atoms with Crippen molar-refractivity contribution in [3.8, 4) is 0 Å². The Morgan fingerprint density at radius 2 is 2.00 bits per heavy atom. The number of anilines is 1. The molecule has 2 N–H and O–H groups in total. The van der Waals surface area contributed by atoms with E-state index in [2.05, 4.69) is 10.3 Å². The summed E-state index contributed by atoms with van der Waals surface area (Å²) >= 11 is 7.29. The van der Waals surface area contributed by atoms with Crippen LogP contribution in [0.1, 0.15) is 6.42 Å². The fraction of sp³-hybridized carbons (Fsp3) is 0.312. The number of carboxylic acid groups (broad SMARTS) is 1. The van der Waals surface area contributed by atoms with Gasteiger partial charge in [0.15, 0.2) is 5.13 Å². The summed E-state index contributed by atoms with van der Waals surface area (Å²) in [6, 6.07) is 5.34. The molecule has 118 valence electrons. The summed E-state index contributed by atoms with van der Waals surface area (Å²) in [7, 11) is 0. The van der Waals surface area contributed by atoms with Crippen molar-refractivity contribution in [2.24, 2.45) is 23.7 Å². The third kappa shape index (κ3) is 2.42. The number of carbonyl (C=O) groups is 2. The molecule has 0 aliphatic heterocycles. The first-order chi connectivity index (χ1) is 11.0. The molecule has 23 heavy (non-hydrogen) atoms. The standard InChI is InChI=1S/C16H13ClN2O3S/c17-9-3-4-10-11(6-9)23-16(18-10)19-14(20)12-7-1-2-8(5-7)13(12)15(21)22/h1-4,6-8,12-13H,5H2,(H,21,22)(H,18,19,20)/t7-,8-,12-,13-/m0/s1. The Balaban J connectivity index is 1.59. The Bertz CT molecular complexity index is 847. The molecule has 1 fully saturated rings. The van der Waals surface area contributed by atoms with Gasteiger partial charge >= 0.3 is 5.97 Å². The maximum atomic E-state index is 12.6. The monoisotopic (exact) mass is 348 g/mol. The zero-order chi connectivity index (χ0) is 16.1. The zero-order valence-corrected chi connectivity index (χ0v) is 13.5. The van der Waals surface area contributed by atoms with Crippen molar-refractivity contribution in [2.75, 3.05) is 5.32 Å². The van der Waals surface area contributed by atoms with Gasteiger partial charge in [-0.25, -0.2) is 4.98 Å². The van der Waals surface area contributed by atoms with Crippen LogP contribution >= 0.6 is 22.9 Å². The molecule has 0 unspecified atom stereocenters. The normalized spacial score (nSPS) is 28.4. The molecule has 1 saturated carbocycles. The molecular weight excluding hydrogens is 336 g/mol. The molecule has 1 heterocycles. The van der Waals surface area contributed by atoms with E-state index >= 15 is 0 Å². The summed E-state index contributed by atoms with van der Waals surface area (Å²) in [6.45, 7) is 0. The number of aromatic nitrogens is 1. The fourth-order valence-corrected chi connectivity index (χ4v) is 4.80. The average Bonchev–Trinajstić information content (AvgIpc) is 3.18. The van der Waals surface area contributed by atoms with E-state index in [0.29, 0.717) is 10.2 Å². The Morgan fingerprint density at radius 3 is 2.74 bits per heavy atom. The lowest BCUT2D eigenvalue weighted by atomic mass is 9.82. The highest BCUT2D eigenvalue weighted by atomic mass is 35.5. The number of amides is 1. The van der Waals surface area contributed by atoms with Crippen LogP contribution in [-0.2, 0) is 9.59 Å². The van der Waals surface area contributed by atoms with Crippen molar-refractivity contribution < 1.29 is 14.7 Å². The van der Waals surface area contributed by atoms with Crippen LogP contribution in [-0.4, -0.2) is 22.0 Å². The SMILES string of the molecule is O=C(O)[C@@H]1[C@@H](C(=O)Nc2nc3ccc(Cl)cc3s2)[C@H]2C=C[C@H]1C2. The summed E-state index contributed by atoms with van der Waals surface area (Å²) in [5.41, 5.74) is 0.761. The van der Waals surface area contributed by atoms with Gasteiger partial charge in [0.05, 0.1) is 22.1 Å². The van der Waals surface area contributed by atoms with E-state index in [4.69, 9.17) is 11.6 Å². The molecule has 4 atom stereocenters. The third-order valence-corrected chi connectivity index (χ3v) is 5.80. The van der Waals surface area contributed by atoms with Gasteiger partial charge in [0.2, 0.25) is 5.91 Å². The van der Waals surface area contributed by atoms with Gasteiger partial charge in [0.1, 0.15) is 0 Å². The molecule has 0 radical (unpaired) electrons. The van der Waals surface area contributed by atoms with E-state index in [1.54, 1.807) is 18.2 Å². The number of fused-ring (bicyclic) bond motifs is 3. The van der Waals surface area contributed by atoms with Crippen LogP contribution in [0.3, 0.4) is 0 Å². The quantitative estimate of drug-likeness (QED) is 0.833. The smallest absolute Gasteiger partial charge is 0.307 e. The molecule has 2 aliphatic carbocycles. The summed E-state index contributed by atoms with van der Waals surface area (Å²) in [5, 5.41) is 13.3. The van der Waals surface area contributed by atoms with Crippen LogP contribution in [0.5, 0.6) is 0 Å². The van der Waals surface area contributed by atoms with E-state index in [0.717, 1.165) is 16.6 Å². The first-order valence-electron chi connectivity index (χ1n) is 7.31. The predicted molar refractivity (Wildman–Crippen MR) is 88.6 cm³/mol. The number of carboxylic acids is 1. The number of allylic oxidation sites excluding steroid dienone is 2. The Kier molecular flexibility index (Phi) is 3.39. The molecule has 5 nitrogen and oxygen atoms in total. The number of halogens is 1. The van der Waals surface area contributed by atoms with E-state index in [9.17, 15) is 14.7 Å². The first kappa shape index (κ1) is 14.7. The van der Waals surface area contributed by atoms with Crippen molar-refractivity contribution in [2.45, 2.75) is 6.42 Å². The molecule has 0 spiro atoms. The van der Waals surface area contributed by atoms with E-state index in [1.165, 1.54) is 11.3 Å². The fourth-order valence-electron chi connectivity index (χ4n) is 3.66. The highest BCUT2D eigenvalue weighted by Crippen LogP contribution is 2.48. The second-order valence-electron chi connectivity index (χ2n) is 5.96. The predicted octanol–water partition coefficient (Wildman–Crippen LogP) is 3.41. The Hall–Kier alpha value is -1.92. The highest BCUT2D eigenvalue weighted by molar-refractivity contribution is 7.22. The van der Waals surface area contributed by atoms with Crippen LogP contribution in [0.25, 0.3) is 10.2 Å². The molecule has 1 aromatic heterocycles. The maximum Gasteiger partial charge on any atom is 0.307 e. The Morgan fingerprint density at radius 1 is 1.26 bits per heavy atom. The second kappa shape index (κ2) is 5.32. The minimum atomic E-state index is -0.905. The minimum absolute atomic E-state index is 0.00456. The van der Waals surface area contributed by atoms with Crippen LogP contribution in [0, 0.1) is 23.7 Å². The number of rotatable bonds is 3. The minimum Gasteiger partial charge on any atom is -0.481 e. The van der Waals surface area contributed by atoms with Gasteiger partial charge in [-0.1, -0.05) is 35.1 Å². The zero-order valence-electron chi connectivity index (χ0n) is 11.9. The molecular formula is C16H13ClN2O3S. The number of thiazole rings is 1. The van der Waals surface area contributed by atoms with Crippen LogP contribution in [0.4, 0.5) is 5.13 Å². The number of nitrogens with one attached hydrogen (secondary N) is 1. The largest absolute Gasteiger partial charge is 0.481 e. The van der Waals surface area contributed by atoms with Gasteiger partial charge in [-0.2, -0.15) is 0 Å². The van der Waals surface area contributed by atoms with Crippen LogP contribution < -0.4 is 5.32 Å². The number of hydrogen-bond donors (Lipinski definition) is 2. The van der Waals surface area contributed by atoms with Crippen molar-refractivity contribution in [1.82, 2.24) is 4.98 Å². The van der Waals surface area contributed by atoms with Gasteiger partial charge in [0, 0.05) is 5.02 Å². The van der Waals surface area contributed by atoms with Crippen LogP contribution in [0.2, 0.25) is 5.02 Å². The lowest BCUT2D eigenvalue weighted by Crippen LogP contribution is -2.36. The molecule has 0 saturated heterocycles. The van der Waals surface area contributed by atoms with E-state index in [-0.39, 0.29) is 17.7 Å². The molecule has 2 aliphatic rings. The summed E-state index contributed by atoms with van der Waals surface area (Å²) in [4.78, 5) is 28.5. The van der Waals surface area contributed by atoms with Crippen molar-refractivity contribution in [3.05, 3.63) is 35.4 Å². The third-order valence-electron chi connectivity index (χ3n) is 4.63. The number of benzene rings is 1. The van der Waals surface area contributed by atoms with E-state index in [1.807, 2.05) is 12.2 Å². The molecule has 2 aromatic rings. The lowest BCUT2D eigenvalue weighted by Gasteiger charge is -2.23. The van der Waals surface area contributed by atoms with Gasteiger partial charge in [-0.05, 0) is 36.5 Å². The van der Waals surface area contributed by atoms with Crippen molar-refractivity contribution in [1.29, 1.82) is 0 Å². The van der Waals surface area contributed by atoms with Crippen molar-refractivity contribution in [3.63, 3.8) is 0 Å². The summed E-state index contributed by atoms with van der Waals surface area (Å²) in [6.07, 6.45) is 4.63. The maximum absolute atomic E-state index is 12.6. The molecule has 1 amide bonds. The second-order valence-corrected chi connectivity index (χ2v) is 7.43. The summed E-state index contributed by atoms with van der Waals surface area (Å²) in [5.74, 6) is -2.38. The number of aliphatic carboxylic acids is 1.